The van der Waals surface area contributed by atoms with Gasteiger partial charge in [-0.2, -0.15) is 0 Å². The van der Waals surface area contributed by atoms with Crippen LogP contribution in [0.3, 0.4) is 0 Å². The van der Waals surface area contributed by atoms with E-state index in [1.54, 1.807) is 4.98 Å². The number of H-pyrrole nitrogens is 2. The number of aromatic amines is 2. The normalized spacial score (nSPS) is 10.7. The number of ether oxygens (including phenoxy) is 3. The summed E-state index contributed by atoms with van der Waals surface area (Å²) in [4.78, 5) is 59.8. The maximum absolute atomic E-state index is 11.7. The lowest BCUT2D eigenvalue weighted by Crippen LogP contribution is -2.25. The molecule has 2 N–H and O–H groups in total. The van der Waals surface area contributed by atoms with Crippen molar-refractivity contribution in [3.8, 4) is 17.2 Å². The SMILES string of the molecule is COC(=O)c1ccc(Oc2ccc(/C=C/c3[nH]c(=O)[nH]c(=O)c3[N+](=O)[O-])cc2OC)c([N+](=O)[O-])c1. The molecule has 0 bridgehead atoms. The molecule has 0 aliphatic carbocycles. The van der Waals surface area contributed by atoms with Gasteiger partial charge in [0.1, 0.15) is 5.69 Å². The molecule has 35 heavy (non-hydrogen) atoms. The maximum Gasteiger partial charge on any atom is 0.357 e. The molecule has 2 aromatic carbocycles. The summed E-state index contributed by atoms with van der Waals surface area (Å²) in [6.07, 6.45) is 2.54. The van der Waals surface area contributed by atoms with Crippen molar-refractivity contribution in [3.63, 3.8) is 0 Å². The molecule has 0 saturated heterocycles. The molecule has 14 nitrogen and oxygen atoms in total. The fraction of sp³-hybridized carbons (Fsp3) is 0.0952. The number of carbonyl (C=O) groups excluding carboxylic acids is 1. The lowest BCUT2D eigenvalue weighted by molar-refractivity contribution is -0.386. The Morgan fingerprint density at radius 2 is 1.63 bits per heavy atom. The lowest BCUT2D eigenvalue weighted by Gasteiger charge is -2.12. The zero-order valence-electron chi connectivity index (χ0n) is 18.1. The Morgan fingerprint density at radius 1 is 0.914 bits per heavy atom. The van der Waals surface area contributed by atoms with E-state index in [0.29, 0.717) is 5.56 Å². The highest BCUT2D eigenvalue weighted by Crippen LogP contribution is 2.37. The molecule has 0 atom stereocenters. The number of methoxy groups -OCH3 is 2. The second-order valence-corrected chi connectivity index (χ2v) is 6.70. The minimum absolute atomic E-state index is 0.0362. The van der Waals surface area contributed by atoms with Gasteiger partial charge in [-0.05, 0) is 35.9 Å². The van der Waals surface area contributed by atoms with Crippen molar-refractivity contribution < 1.29 is 28.9 Å². The first-order chi connectivity index (χ1) is 16.6. The molecular weight excluding hydrogens is 468 g/mol. The second-order valence-electron chi connectivity index (χ2n) is 6.70. The van der Waals surface area contributed by atoms with E-state index in [-0.39, 0.29) is 28.5 Å². The van der Waals surface area contributed by atoms with E-state index in [4.69, 9.17) is 9.47 Å². The van der Waals surface area contributed by atoms with Gasteiger partial charge in [-0.15, -0.1) is 0 Å². The van der Waals surface area contributed by atoms with Crippen molar-refractivity contribution in [2.45, 2.75) is 0 Å². The molecule has 0 spiro atoms. The number of benzene rings is 2. The Balaban J connectivity index is 1.95. The molecule has 0 aliphatic heterocycles. The van der Waals surface area contributed by atoms with E-state index in [0.717, 1.165) is 13.2 Å². The Morgan fingerprint density at radius 3 is 2.26 bits per heavy atom. The first-order valence-electron chi connectivity index (χ1n) is 9.56. The van der Waals surface area contributed by atoms with Crippen LogP contribution in [-0.4, -0.2) is 40.0 Å². The van der Waals surface area contributed by atoms with E-state index < -0.39 is 38.4 Å². The fourth-order valence-corrected chi connectivity index (χ4v) is 2.96. The van der Waals surface area contributed by atoms with Gasteiger partial charge in [0.25, 0.3) is 0 Å². The Labute approximate surface area is 194 Å². The van der Waals surface area contributed by atoms with E-state index in [9.17, 15) is 34.6 Å². The van der Waals surface area contributed by atoms with E-state index in [1.807, 2.05) is 0 Å². The highest BCUT2D eigenvalue weighted by molar-refractivity contribution is 5.90. The predicted octanol–water partition coefficient (Wildman–Crippen LogP) is 2.64. The number of nitro groups is 2. The first kappa shape index (κ1) is 24.4. The third-order valence-electron chi connectivity index (χ3n) is 4.55. The summed E-state index contributed by atoms with van der Waals surface area (Å²) in [6, 6.07) is 7.93. The largest absolute Gasteiger partial charge is 0.493 e. The van der Waals surface area contributed by atoms with E-state index >= 15 is 0 Å². The Hall–Kier alpha value is -5.27. The molecule has 180 valence electrons. The number of carbonyl (C=O) groups is 1. The smallest absolute Gasteiger partial charge is 0.357 e. The molecular formula is C21H16N4O10. The van der Waals surface area contributed by atoms with Gasteiger partial charge in [0.15, 0.2) is 11.5 Å². The summed E-state index contributed by atoms with van der Waals surface area (Å²) in [6.45, 7) is 0. The van der Waals surface area contributed by atoms with Gasteiger partial charge in [0.05, 0.1) is 29.6 Å². The van der Waals surface area contributed by atoms with Crippen molar-refractivity contribution in [1.82, 2.24) is 9.97 Å². The molecule has 0 saturated carbocycles. The number of aromatic nitrogens is 2. The number of rotatable bonds is 8. The van der Waals surface area contributed by atoms with Crippen LogP contribution in [0.5, 0.6) is 17.2 Å². The Kier molecular flexibility index (Phi) is 7.05. The van der Waals surface area contributed by atoms with Gasteiger partial charge < -0.3 is 19.2 Å². The number of hydrogen-bond donors (Lipinski definition) is 2. The molecule has 0 aliphatic rings. The number of nitrogens with zero attached hydrogens (tertiary/aromatic N) is 2. The minimum Gasteiger partial charge on any atom is -0.493 e. The van der Waals surface area contributed by atoms with Crippen LogP contribution in [0.4, 0.5) is 11.4 Å². The van der Waals surface area contributed by atoms with Crippen LogP contribution in [0.25, 0.3) is 12.2 Å². The summed E-state index contributed by atoms with van der Waals surface area (Å²) in [5.74, 6) is -0.683. The summed E-state index contributed by atoms with van der Waals surface area (Å²) in [5.41, 5.74) is -3.31. The van der Waals surface area contributed by atoms with Crippen LogP contribution in [0.15, 0.2) is 46.0 Å². The van der Waals surface area contributed by atoms with Crippen LogP contribution >= 0.6 is 0 Å². The highest BCUT2D eigenvalue weighted by atomic mass is 16.6. The van der Waals surface area contributed by atoms with Crippen LogP contribution in [0, 0.1) is 20.2 Å². The van der Waals surface area contributed by atoms with E-state index in [1.165, 1.54) is 49.6 Å². The predicted molar refractivity (Wildman–Crippen MR) is 121 cm³/mol. The average molecular weight is 484 g/mol. The molecule has 0 amide bonds. The summed E-state index contributed by atoms with van der Waals surface area (Å²) in [5, 5.41) is 22.6. The molecule has 1 aromatic heterocycles. The summed E-state index contributed by atoms with van der Waals surface area (Å²) < 4.78 is 15.5. The van der Waals surface area contributed by atoms with Gasteiger partial charge in [0.2, 0.25) is 5.75 Å². The van der Waals surface area contributed by atoms with Gasteiger partial charge >= 0.3 is 28.6 Å². The van der Waals surface area contributed by atoms with Crippen LogP contribution < -0.4 is 20.7 Å². The minimum atomic E-state index is -1.15. The zero-order chi connectivity index (χ0) is 25.7. The lowest BCUT2D eigenvalue weighted by atomic mass is 10.1. The van der Waals surface area contributed by atoms with Crippen LogP contribution in [-0.2, 0) is 4.74 Å². The first-order valence-corrected chi connectivity index (χ1v) is 9.56. The Bertz CT molecular complexity index is 1470. The topological polar surface area (TPSA) is 197 Å². The monoisotopic (exact) mass is 484 g/mol. The number of esters is 1. The van der Waals surface area contributed by atoms with Gasteiger partial charge in [-0.25, -0.2) is 9.59 Å². The maximum atomic E-state index is 11.7. The summed E-state index contributed by atoms with van der Waals surface area (Å²) >= 11 is 0. The van der Waals surface area contributed by atoms with Crippen LogP contribution in [0.2, 0.25) is 0 Å². The van der Waals surface area contributed by atoms with Crippen molar-refractivity contribution >= 4 is 29.5 Å². The second kappa shape index (κ2) is 10.1. The molecule has 0 fully saturated rings. The van der Waals surface area contributed by atoms with Crippen LogP contribution in [0.1, 0.15) is 21.6 Å². The molecule has 0 unspecified atom stereocenters. The molecule has 14 heteroatoms. The summed E-state index contributed by atoms with van der Waals surface area (Å²) in [7, 11) is 2.47. The number of hydrogen-bond acceptors (Lipinski definition) is 10. The zero-order valence-corrected chi connectivity index (χ0v) is 18.1. The molecule has 0 radical (unpaired) electrons. The van der Waals surface area contributed by atoms with E-state index in [2.05, 4.69) is 9.72 Å². The van der Waals surface area contributed by atoms with Gasteiger partial charge in [-0.3, -0.25) is 30.0 Å². The van der Waals surface area contributed by atoms with Gasteiger partial charge in [0, 0.05) is 6.07 Å². The number of nitrogens with one attached hydrogen (secondary N) is 2. The van der Waals surface area contributed by atoms with Crippen molar-refractivity contribution in [1.29, 1.82) is 0 Å². The fourth-order valence-electron chi connectivity index (χ4n) is 2.96. The van der Waals surface area contributed by atoms with Crippen molar-refractivity contribution in [3.05, 3.63) is 94.3 Å². The standard InChI is InChI=1S/C21H16N4O10/c1-33-17-9-11(3-6-13-18(25(31)32)19(26)23-21(28)22-13)4-7-16(17)35-15-8-5-12(20(27)34-2)10-14(15)24(29)30/h3-10H,1-2H3,(H2,22,23,26,28)/b6-3+. The molecule has 3 aromatic rings. The van der Waals surface area contributed by atoms with Crippen molar-refractivity contribution in [2.24, 2.45) is 0 Å². The third-order valence-corrected chi connectivity index (χ3v) is 4.55. The quantitative estimate of drug-likeness (QED) is 0.272. The number of nitro benzene ring substituents is 1. The molecule has 1 heterocycles. The van der Waals surface area contributed by atoms with Crippen molar-refractivity contribution in [2.75, 3.05) is 14.2 Å². The third kappa shape index (κ3) is 5.39. The van der Waals surface area contributed by atoms with Gasteiger partial charge in [-0.1, -0.05) is 12.1 Å². The highest BCUT2D eigenvalue weighted by Gasteiger charge is 2.21. The molecule has 3 rings (SSSR count). The average Bonchev–Trinajstić information content (AvgIpc) is 2.82.